The minimum atomic E-state index is -0.660. The molecule has 1 atom stereocenters. The molecule has 0 spiro atoms. The lowest BCUT2D eigenvalue weighted by Gasteiger charge is -2.37. The van der Waals surface area contributed by atoms with Crippen LogP contribution in [0.2, 0.25) is 10.0 Å². The molecule has 1 unspecified atom stereocenters. The average molecular weight is 427 g/mol. The predicted octanol–water partition coefficient (Wildman–Crippen LogP) is 4.26. The molecule has 0 aromatic heterocycles. The summed E-state index contributed by atoms with van der Waals surface area (Å²) >= 11 is 12.1. The van der Waals surface area contributed by atoms with E-state index in [0.717, 1.165) is 25.9 Å². The van der Waals surface area contributed by atoms with Gasteiger partial charge in [-0.15, -0.1) is 0 Å². The molecule has 0 radical (unpaired) electrons. The summed E-state index contributed by atoms with van der Waals surface area (Å²) in [5.41, 5.74) is 0. The number of likely N-dealkylation sites (tertiary alicyclic amines) is 2. The number of hydrogen-bond donors (Lipinski definition) is 0. The Kier molecular flexibility index (Phi) is 7.10. The summed E-state index contributed by atoms with van der Waals surface area (Å²) in [6.07, 6.45) is 2.93. The lowest BCUT2D eigenvalue weighted by atomic mass is 9.92. The van der Waals surface area contributed by atoms with Crippen LogP contribution in [0.1, 0.15) is 39.5 Å². The molecular formula is C21H28Cl2N2O3. The highest BCUT2D eigenvalue weighted by Gasteiger charge is 2.33. The molecule has 7 heteroatoms. The number of hydrogen-bond acceptors (Lipinski definition) is 3. The molecule has 154 valence electrons. The molecule has 5 nitrogen and oxygen atoms in total. The van der Waals surface area contributed by atoms with Crippen LogP contribution in [0.25, 0.3) is 0 Å². The van der Waals surface area contributed by atoms with E-state index >= 15 is 0 Å². The minimum absolute atomic E-state index is 0.0241. The summed E-state index contributed by atoms with van der Waals surface area (Å²) in [7, 11) is 0. The van der Waals surface area contributed by atoms with Gasteiger partial charge in [-0.1, -0.05) is 36.2 Å². The van der Waals surface area contributed by atoms with Crippen molar-refractivity contribution in [1.82, 2.24) is 9.80 Å². The van der Waals surface area contributed by atoms with E-state index < -0.39 is 6.10 Å². The molecule has 2 heterocycles. The molecule has 0 bridgehead atoms. The molecule has 1 aromatic rings. The molecule has 0 saturated carbocycles. The number of benzene rings is 1. The first kappa shape index (κ1) is 21.3. The predicted molar refractivity (Wildman–Crippen MR) is 111 cm³/mol. The zero-order chi connectivity index (χ0) is 20.3. The molecule has 0 N–H and O–H groups in total. The second kappa shape index (κ2) is 9.36. The Morgan fingerprint density at radius 2 is 1.64 bits per heavy atom. The third-order valence-corrected chi connectivity index (χ3v) is 6.62. The summed E-state index contributed by atoms with van der Waals surface area (Å²) in [6, 6.07) is 5.11. The number of carbonyl (C=O) groups is 2. The van der Waals surface area contributed by atoms with E-state index in [1.165, 1.54) is 0 Å². The van der Waals surface area contributed by atoms with Crippen LogP contribution in [0.3, 0.4) is 0 Å². The summed E-state index contributed by atoms with van der Waals surface area (Å²) in [6.45, 7) is 6.85. The van der Waals surface area contributed by atoms with Gasteiger partial charge in [0.15, 0.2) is 6.10 Å². The second-order valence-electron chi connectivity index (χ2n) is 7.92. The topological polar surface area (TPSA) is 49.9 Å². The molecule has 2 fully saturated rings. The Bertz CT molecular complexity index is 712. The van der Waals surface area contributed by atoms with Gasteiger partial charge in [-0.2, -0.15) is 0 Å². The van der Waals surface area contributed by atoms with Crippen LogP contribution < -0.4 is 4.74 Å². The van der Waals surface area contributed by atoms with Crippen LogP contribution in [-0.4, -0.2) is 53.9 Å². The summed E-state index contributed by atoms with van der Waals surface area (Å²) < 4.78 is 5.74. The maximum atomic E-state index is 12.8. The third-order valence-electron chi connectivity index (χ3n) is 5.82. The molecule has 2 aliphatic rings. The molecule has 0 aliphatic carbocycles. The van der Waals surface area contributed by atoms with Crippen LogP contribution in [0.4, 0.5) is 0 Å². The fraction of sp³-hybridized carbons (Fsp3) is 0.619. The lowest BCUT2D eigenvalue weighted by molar-refractivity contribution is -0.144. The standard InChI is InChI=1S/C21H28Cl2N2O3/c1-14-6-10-25(11-7-14)21(27)16-8-12-24(13-9-16)20(26)15(2)28-18-5-3-4-17(22)19(18)23/h3-5,14-16H,6-13H2,1-2H3. The van der Waals surface area contributed by atoms with Crippen molar-refractivity contribution in [3.63, 3.8) is 0 Å². The number of piperidine rings is 2. The first-order valence-corrected chi connectivity index (χ1v) is 10.8. The van der Waals surface area contributed by atoms with Gasteiger partial charge in [0.2, 0.25) is 5.91 Å². The molecule has 2 saturated heterocycles. The van der Waals surface area contributed by atoms with Crippen LogP contribution in [0, 0.1) is 11.8 Å². The molecular weight excluding hydrogens is 399 g/mol. The third kappa shape index (κ3) is 4.93. The number of nitrogens with zero attached hydrogens (tertiary/aromatic N) is 2. The van der Waals surface area contributed by atoms with Crippen molar-refractivity contribution in [1.29, 1.82) is 0 Å². The van der Waals surface area contributed by atoms with E-state index in [9.17, 15) is 9.59 Å². The average Bonchev–Trinajstić information content (AvgIpc) is 2.71. The number of amides is 2. The van der Waals surface area contributed by atoms with Crippen molar-refractivity contribution in [2.75, 3.05) is 26.2 Å². The lowest BCUT2D eigenvalue weighted by Crippen LogP contribution is -2.48. The van der Waals surface area contributed by atoms with E-state index in [0.29, 0.717) is 47.6 Å². The van der Waals surface area contributed by atoms with Crippen molar-refractivity contribution in [2.45, 2.75) is 45.6 Å². The van der Waals surface area contributed by atoms with Gasteiger partial charge in [0, 0.05) is 32.1 Å². The van der Waals surface area contributed by atoms with Crippen LogP contribution >= 0.6 is 23.2 Å². The Morgan fingerprint density at radius 3 is 2.29 bits per heavy atom. The largest absolute Gasteiger partial charge is 0.479 e. The molecule has 3 rings (SSSR count). The van der Waals surface area contributed by atoms with Crippen molar-refractivity contribution >= 4 is 35.0 Å². The Hall–Kier alpha value is -1.46. The number of rotatable bonds is 4. The van der Waals surface area contributed by atoms with Crippen LogP contribution in [-0.2, 0) is 9.59 Å². The maximum absolute atomic E-state index is 12.8. The number of halogens is 2. The van der Waals surface area contributed by atoms with Crippen molar-refractivity contribution in [3.05, 3.63) is 28.2 Å². The van der Waals surface area contributed by atoms with E-state index in [4.69, 9.17) is 27.9 Å². The van der Waals surface area contributed by atoms with Gasteiger partial charge in [-0.05, 0) is 50.7 Å². The van der Waals surface area contributed by atoms with Gasteiger partial charge in [-0.3, -0.25) is 9.59 Å². The van der Waals surface area contributed by atoms with Gasteiger partial charge in [0.1, 0.15) is 10.8 Å². The Labute approximate surface area is 176 Å². The highest BCUT2D eigenvalue weighted by Crippen LogP contribution is 2.32. The summed E-state index contributed by atoms with van der Waals surface area (Å²) in [5, 5.41) is 0.703. The fourth-order valence-electron chi connectivity index (χ4n) is 3.91. The second-order valence-corrected chi connectivity index (χ2v) is 8.70. The quantitative estimate of drug-likeness (QED) is 0.722. The zero-order valence-corrected chi connectivity index (χ0v) is 18.0. The normalized spacial score (nSPS) is 20.1. The van der Waals surface area contributed by atoms with E-state index in [1.807, 2.05) is 4.90 Å². The van der Waals surface area contributed by atoms with Crippen LogP contribution in [0.5, 0.6) is 5.75 Å². The van der Waals surface area contributed by atoms with Crippen molar-refractivity contribution in [3.8, 4) is 5.75 Å². The van der Waals surface area contributed by atoms with Gasteiger partial charge in [0.25, 0.3) is 5.91 Å². The van der Waals surface area contributed by atoms with Gasteiger partial charge >= 0.3 is 0 Å². The van der Waals surface area contributed by atoms with Crippen LogP contribution in [0.15, 0.2) is 18.2 Å². The Balaban J connectivity index is 1.50. The van der Waals surface area contributed by atoms with Crippen molar-refractivity contribution < 1.29 is 14.3 Å². The van der Waals surface area contributed by atoms with E-state index in [-0.39, 0.29) is 17.7 Å². The van der Waals surface area contributed by atoms with Crippen molar-refractivity contribution in [2.24, 2.45) is 11.8 Å². The number of carbonyl (C=O) groups excluding carboxylic acids is 2. The maximum Gasteiger partial charge on any atom is 0.263 e. The van der Waals surface area contributed by atoms with Gasteiger partial charge in [-0.25, -0.2) is 0 Å². The molecule has 2 amide bonds. The highest BCUT2D eigenvalue weighted by molar-refractivity contribution is 6.42. The highest BCUT2D eigenvalue weighted by atomic mass is 35.5. The number of ether oxygens (including phenoxy) is 1. The minimum Gasteiger partial charge on any atom is -0.479 e. The summed E-state index contributed by atoms with van der Waals surface area (Å²) in [5.74, 6) is 1.30. The smallest absolute Gasteiger partial charge is 0.263 e. The SMILES string of the molecule is CC1CCN(C(=O)C2CCN(C(=O)C(C)Oc3cccc(Cl)c3Cl)CC2)CC1. The first-order chi connectivity index (χ1) is 13.4. The molecule has 1 aromatic carbocycles. The fourth-order valence-corrected chi connectivity index (χ4v) is 4.24. The monoisotopic (exact) mass is 426 g/mol. The van der Waals surface area contributed by atoms with E-state index in [1.54, 1.807) is 30.0 Å². The summed E-state index contributed by atoms with van der Waals surface area (Å²) in [4.78, 5) is 29.3. The first-order valence-electron chi connectivity index (χ1n) is 10.0. The van der Waals surface area contributed by atoms with E-state index in [2.05, 4.69) is 6.92 Å². The molecule has 28 heavy (non-hydrogen) atoms. The van der Waals surface area contributed by atoms with Gasteiger partial charge in [0.05, 0.1) is 5.02 Å². The Morgan fingerprint density at radius 1 is 1.04 bits per heavy atom. The van der Waals surface area contributed by atoms with Gasteiger partial charge < -0.3 is 14.5 Å². The molecule has 2 aliphatic heterocycles. The zero-order valence-electron chi connectivity index (χ0n) is 16.5.